The molecule has 2 saturated heterocycles. The summed E-state index contributed by atoms with van der Waals surface area (Å²) in [6.07, 6.45) is 5.94. The number of benzene rings is 1. The van der Waals surface area contributed by atoms with Gasteiger partial charge in [-0.25, -0.2) is 22.5 Å². The molecule has 0 radical (unpaired) electrons. The SMILES string of the molecule is C[C@H](N)[C@H]1CC[C@H](C(=O)N2C[C@@H](C3CCN(S(C)(=O)=O)CC3)C[C@H]2c2nc(Cl)c(-c3ccc(NC(=O)O)cc3)[nH]2)CC1. The molecule has 5 N–H and O–H groups in total. The van der Waals surface area contributed by atoms with Crippen LogP contribution in [-0.4, -0.2) is 76.6 Å². The molecule has 3 heterocycles. The molecule has 2 aliphatic heterocycles. The van der Waals surface area contributed by atoms with Gasteiger partial charge < -0.3 is 20.7 Å². The molecule has 3 aliphatic rings. The average Bonchev–Trinajstić information content (AvgIpc) is 3.56. The average molecular weight is 621 g/mol. The number of carbonyl (C=O) groups excluding carboxylic acids is 1. The molecule has 3 fully saturated rings. The van der Waals surface area contributed by atoms with Gasteiger partial charge in [0.05, 0.1) is 18.0 Å². The number of aromatic nitrogens is 2. The van der Waals surface area contributed by atoms with E-state index in [1.165, 1.54) is 6.26 Å². The van der Waals surface area contributed by atoms with Crippen molar-refractivity contribution in [1.29, 1.82) is 0 Å². The number of nitrogens with one attached hydrogen (secondary N) is 2. The second-order valence-corrected chi connectivity index (χ2v) is 14.6. The number of nitrogens with two attached hydrogens (primary N) is 1. The lowest BCUT2D eigenvalue weighted by molar-refractivity contribution is -0.138. The van der Waals surface area contributed by atoms with Gasteiger partial charge in [0.2, 0.25) is 15.9 Å². The first-order chi connectivity index (χ1) is 19.9. The van der Waals surface area contributed by atoms with Crippen LogP contribution < -0.4 is 11.1 Å². The van der Waals surface area contributed by atoms with Gasteiger partial charge in [0.1, 0.15) is 5.82 Å². The molecule has 1 aromatic heterocycles. The Morgan fingerprint density at radius 1 is 1.10 bits per heavy atom. The number of carbonyl (C=O) groups is 2. The van der Waals surface area contributed by atoms with Gasteiger partial charge >= 0.3 is 6.09 Å². The first-order valence-corrected chi connectivity index (χ1v) is 17.0. The second kappa shape index (κ2) is 12.5. The van der Waals surface area contributed by atoms with Crippen LogP contribution in [0.1, 0.15) is 63.7 Å². The summed E-state index contributed by atoms with van der Waals surface area (Å²) in [7, 11) is -3.22. The van der Waals surface area contributed by atoms with Crippen molar-refractivity contribution in [2.45, 2.75) is 64.0 Å². The number of anilines is 1. The van der Waals surface area contributed by atoms with Crippen molar-refractivity contribution >= 4 is 39.3 Å². The van der Waals surface area contributed by atoms with Crippen molar-refractivity contribution in [3.05, 3.63) is 35.2 Å². The van der Waals surface area contributed by atoms with Crippen LogP contribution >= 0.6 is 11.6 Å². The number of nitrogens with zero attached hydrogens (tertiary/aromatic N) is 3. The van der Waals surface area contributed by atoms with Gasteiger partial charge in [0.25, 0.3) is 0 Å². The summed E-state index contributed by atoms with van der Waals surface area (Å²) in [5.41, 5.74) is 7.96. The highest BCUT2D eigenvalue weighted by molar-refractivity contribution is 7.88. The van der Waals surface area contributed by atoms with E-state index in [0.717, 1.165) is 50.5 Å². The molecule has 13 heteroatoms. The zero-order chi connectivity index (χ0) is 30.2. The summed E-state index contributed by atoms with van der Waals surface area (Å²) >= 11 is 6.62. The Bertz CT molecular complexity index is 1380. The Morgan fingerprint density at radius 3 is 2.31 bits per heavy atom. The quantitative estimate of drug-likeness (QED) is 0.353. The molecular formula is C29H41ClN6O5S. The molecule has 5 rings (SSSR count). The fraction of sp³-hybridized carbons (Fsp3) is 0.621. The van der Waals surface area contributed by atoms with Crippen LogP contribution in [0.4, 0.5) is 10.5 Å². The highest BCUT2D eigenvalue weighted by atomic mass is 35.5. The van der Waals surface area contributed by atoms with Crippen molar-refractivity contribution in [2.24, 2.45) is 29.4 Å². The van der Waals surface area contributed by atoms with Crippen LogP contribution in [0.15, 0.2) is 24.3 Å². The summed E-state index contributed by atoms with van der Waals surface area (Å²) in [5, 5.41) is 11.6. The standard InChI is InChI=1S/C29H41ClN6O5S/c1-17(31)18-3-5-21(6-4-18)28(37)36-16-22(19-11-13-35(14-12-19)42(2,40)41)15-24(36)27-33-25(26(30)34-27)20-7-9-23(10-8-20)32-29(38)39/h7-10,17-19,21-22,24,32H,3-6,11-16,31H2,1-2H3,(H,33,34)(H,38,39)/t17-,18-,21-,22-,24-/m0/s1. The maximum Gasteiger partial charge on any atom is 0.409 e. The topological polar surface area (TPSA) is 162 Å². The van der Waals surface area contributed by atoms with Crippen LogP contribution in [0, 0.1) is 23.7 Å². The number of aromatic amines is 1. The molecule has 230 valence electrons. The number of carboxylic acid groups (broad SMARTS) is 1. The molecule has 0 unspecified atom stereocenters. The minimum Gasteiger partial charge on any atom is -0.465 e. The minimum absolute atomic E-state index is 0.0486. The van der Waals surface area contributed by atoms with Crippen molar-refractivity contribution in [3.8, 4) is 11.3 Å². The fourth-order valence-electron chi connectivity index (χ4n) is 7.08. The summed E-state index contributed by atoms with van der Waals surface area (Å²) < 4.78 is 25.7. The maximum atomic E-state index is 14.0. The molecule has 1 aromatic carbocycles. The second-order valence-electron chi connectivity index (χ2n) is 12.3. The lowest BCUT2D eigenvalue weighted by Gasteiger charge is -2.34. The zero-order valence-electron chi connectivity index (χ0n) is 24.1. The number of hydrogen-bond acceptors (Lipinski definition) is 6. The van der Waals surface area contributed by atoms with E-state index in [2.05, 4.69) is 15.3 Å². The van der Waals surface area contributed by atoms with Crippen molar-refractivity contribution in [2.75, 3.05) is 31.2 Å². The summed E-state index contributed by atoms with van der Waals surface area (Å²) in [4.78, 5) is 35.0. The third kappa shape index (κ3) is 6.77. The summed E-state index contributed by atoms with van der Waals surface area (Å²) in [6, 6.07) is 6.70. The van der Waals surface area contributed by atoms with Crippen LogP contribution in [-0.2, 0) is 14.8 Å². The third-order valence-corrected chi connectivity index (χ3v) is 11.1. The normalized spacial score (nSPS) is 26.7. The number of likely N-dealkylation sites (tertiary alicyclic amines) is 1. The Kier molecular flexibility index (Phi) is 9.17. The number of halogens is 1. The minimum atomic E-state index is -3.22. The Labute approximate surface area is 252 Å². The summed E-state index contributed by atoms with van der Waals surface area (Å²) in [5.74, 6) is 1.73. The molecule has 1 aliphatic carbocycles. The zero-order valence-corrected chi connectivity index (χ0v) is 25.7. The lowest BCUT2D eigenvalue weighted by atomic mass is 9.78. The molecule has 11 nitrogen and oxygen atoms in total. The van der Waals surface area contributed by atoms with E-state index in [4.69, 9.17) is 22.4 Å². The molecule has 0 bridgehead atoms. The number of rotatable bonds is 7. The molecule has 2 amide bonds. The monoisotopic (exact) mass is 620 g/mol. The lowest BCUT2D eigenvalue weighted by Crippen LogP contribution is -2.41. The molecular weight excluding hydrogens is 580 g/mol. The van der Waals surface area contributed by atoms with E-state index < -0.39 is 16.1 Å². The Balaban J connectivity index is 1.37. The van der Waals surface area contributed by atoms with Crippen LogP contribution in [0.25, 0.3) is 11.3 Å². The predicted molar refractivity (Wildman–Crippen MR) is 161 cm³/mol. The number of piperidine rings is 1. The number of sulfonamides is 1. The van der Waals surface area contributed by atoms with Crippen LogP contribution in [0.2, 0.25) is 5.15 Å². The highest BCUT2D eigenvalue weighted by Crippen LogP contribution is 2.44. The smallest absolute Gasteiger partial charge is 0.409 e. The number of imidazole rings is 1. The predicted octanol–water partition coefficient (Wildman–Crippen LogP) is 4.53. The van der Waals surface area contributed by atoms with Gasteiger partial charge in [-0.1, -0.05) is 23.7 Å². The number of hydrogen-bond donors (Lipinski definition) is 4. The van der Waals surface area contributed by atoms with Gasteiger partial charge in [0.15, 0.2) is 5.15 Å². The molecule has 0 spiro atoms. The first kappa shape index (κ1) is 30.8. The van der Waals surface area contributed by atoms with Gasteiger partial charge in [-0.2, -0.15) is 0 Å². The van der Waals surface area contributed by atoms with E-state index >= 15 is 0 Å². The van der Waals surface area contributed by atoms with Gasteiger partial charge in [-0.3, -0.25) is 10.1 Å². The van der Waals surface area contributed by atoms with Crippen LogP contribution in [0.3, 0.4) is 0 Å². The van der Waals surface area contributed by atoms with Crippen molar-refractivity contribution in [3.63, 3.8) is 0 Å². The Hall–Kier alpha value is -2.67. The van der Waals surface area contributed by atoms with E-state index in [-0.39, 0.29) is 29.8 Å². The largest absolute Gasteiger partial charge is 0.465 e. The van der Waals surface area contributed by atoms with Gasteiger partial charge in [0, 0.05) is 42.8 Å². The molecule has 42 heavy (non-hydrogen) atoms. The number of amides is 2. The maximum absolute atomic E-state index is 14.0. The first-order valence-electron chi connectivity index (χ1n) is 14.8. The number of H-pyrrole nitrogens is 1. The van der Waals surface area contributed by atoms with Gasteiger partial charge in [-0.15, -0.1) is 0 Å². The van der Waals surface area contributed by atoms with Crippen molar-refractivity contribution < 1.29 is 23.1 Å². The molecule has 3 atom stereocenters. The van der Waals surface area contributed by atoms with E-state index in [1.807, 2.05) is 11.8 Å². The van der Waals surface area contributed by atoms with E-state index in [0.29, 0.717) is 53.8 Å². The van der Waals surface area contributed by atoms with Gasteiger partial charge in [-0.05, 0) is 81.8 Å². The van der Waals surface area contributed by atoms with E-state index in [9.17, 15) is 18.0 Å². The molecule has 2 aromatic rings. The third-order valence-electron chi connectivity index (χ3n) is 9.53. The summed E-state index contributed by atoms with van der Waals surface area (Å²) in [6.45, 7) is 3.66. The fourth-order valence-corrected chi connectivity index (χ4v) is 8.20. The Morgan fingerprint density at radius 2 is 1.74 bits per heavy atom. The van der Waals surface area contributed by atoms with E-state index in [1.54, 1.807) is 28.6 Å². The molecule has 1 saturated carbocycles. The van der Waals surface area contributed by atoms with Crippen LogP contribution in [0.5, 0.6) is 0 Å². The highest BCUT2D eigenvalue weighted by Gasteiger charge is 2.44. The van der Waals surface area contributed by atoms with Crippen molar-refractivity contribution in [1.82, 2.24) is 19.2 Å².